The molecule has 1 fully saturated rings. The highest BCUT2D eigenvalue weighted by molar-refractivity contribution is 7.99. The van der Waals surface area contributed by atoms with Crippen molar-refractivity contribution in [1.82, 2.24) is 5.32 Å². The van der Waals surface area contributed by atoms with E-state index in [1.807, 2.05) is 6.26 Å². The molecule has 0 radical (unpaired) electrons. The summed E-state index contributed by atoms with van der Waals surface area (Å²) in [4.78, 5) is 22.8. The monoisotopic (exact) mass is 245 g/mol. The van der Waals surface area contributed by atoms with Crippen molar-refractivity contribution in [2.75, 3.05) is 12.0 Å². The summed E-state index contributed by atoms with van der Waals surface area (Å²) in [5, 5.41) is 12.1. The van der Waals surface area contributed by atoms with Gasteiger partial charge < -0.3 is 10.4 Å². The number of hydrogen-bond donors (Lipinski definition) is 2. The van der Waals surface area contributed by atoms with E-state index >= 15 is 0 Å². The van der Waals surface area contributed by atoms with Gasteiger partial charge in [-0.05, 0) is 26.0 Å². The molecule has 1 saturated carbocycles. The second-order valence-electron chi connectivity index (χ2n) is 4.52. The maximum Gasteiger partial charge on any atom is 0.311 e. The Hall–Kier alpha value is -0.710. The maximum atomic E-state index is 11.5. The minimum atomic E-state index is -0.804. The highest BCUT2D eigenvalue weighted by Crippen LogP contribution is 2.36. The van der Waals surface area contributed by atoms with E-state index in [0.717, 1.165) is 19.3 Å². The van der Waals surface area contributed by atoms with E-state index in [0.29, 0.717) is 12.2 Å². The number of aliphatic carboxylic acids is 1. The summed E-state index contributed by atoms with van der Waals surface area (Å²) < 4.78 is 0. The quantitative estimate of drug-likeness (QED) is 0.787. The van der Waals surface area contributed by atoms with Gasteiger partial charge in [-0.1, -0.05) is 12.8 Å². The third kappa shape index (κ3) is 2.90. The van der Waals surface area contributed by atoms with Crippen LogP contribution in [0.4, 0.5) is 0 Å². The summed E-state index contributed by atoms with van der Waals surface area (Å²) in [6.45, 7) is 1.73. The molecule has 0 aliphatic heterocycles. The van der Waals surface area contributed by atoms with E-state index in [4.69, 9.17) is 0 Å². The number of hydrogen-bond acceptors (Lipinski definition) is 3. The first-order valence-corrected chi connectivity index (χ1v) is 6.92. The smallest absolute Gasteiger partial charge is 0.311 e. The van der Waals surface area contributed by atoms with Crippen molar-refractivity contribution in [3.05, 3.63) is 0 Å². The van der Waals surface area contributed by atoms with Gasteiger partial charge >= 0.3 is 5.97 Å². The largest absolute Gasteiger partial charge is 0.481 e. The van der Waals surface area contributed by atoms with Gasteiger partial charge in [0, 0.05) is 6.04 Å². The lowest BCUT2D eigenvalue weighted by atomic mass is 9.71. The van der Waals surface area contributed by atoms with Gasteiger partial charge in [0.1, 0.15) is 0 Å². The average molecular weight is 245 g/mol. The fourth-order valence-electron chi connectivity index (χ4n) is 2.19. The van der Waals surface area contributed by atoms with Gasteiger partial charge in [-0.25, -0.2) is 0 Å². The van der Waals surface area contributed by atoms with Gasteiger partial charge in [-0.2, -0.15) is 11.8 Å². The van der Waals surface area contributed by atoms with Crippen molar-refractivity contribution in [3.8, 4) is 0 Å². The molecule has 0 spiro atoms. The van der Waals surface area contributed by atoms with Gasteiger partial charge in [0.2, 0.25) is 5.91 Å². The molecule has 2 N–H and O–H groups in total. The van der Waals surface area contributed by atoms with Crippen LogP contribution in [-0.4, -0.2) is 35.0 Å². The lowest BCUT2D eigenvalue weighted by Gasteiger charge is -2.38. The molecule has 0 aromatic heterocycles. The number of thioether (sulfide) groups is 1. The summed E-state index contributed by atoms with van der Waals surface area (Å²) in [5.74, 6) is -0.472. The van der Waals surface area contributed by atoms with Crippen LogP contribution in [-0.2, 0) is 9.59 Å². The van der Waals surface area contributed by atoms with Crippen LogP contribution in [0, 0.1) is 5.41 Å². The molecule has 92 valence electrons. The minimum absolute atomic E-state index is 0.0631. The van der Waals surface area contributed by atoms with Crippen molar-refractivity contribution in [1.29, 1.82) is 0 Å². The Labute approximate surface area is 100 Å². The number of rotatable bonds is 4. The Morgan fingerprint density at radius 2 is 2.19 bits per heavy atom. The van der Waals surface area contributed by atoms with Crippen molar-refractivity contribution in [2.24, 2.45) is 5.41 Å². The number of amides is 1. The Bertz CT molecular complexity index is 282. The number of nitrogens with one attached hydrogen (secondary N) is 1. The molecular formula is C11H19NO3S. The minimum Gasteiger partial charge on any atom is -0.481 e. The van der Waals surface area contributed by atoms with Gasteiger partial charge in [-0.15, -0.1) is 0 Å². The fourth-order valence-corrected chi connectivity index (χ4v) is 2.53. The van der Waals surface area contributed by atoms with Crippen LogP contribution in [0.3, 0.4) is 0 Å². The van der Waals surface area contributed by atoms with Crippen molar-refractivity contribution in [2.45, 2.75) is 38.6 Å². The number of carboxylic acid groups (broad SMARTS) is 1. The Morgan fingerprint density at radius 1 is 1.50 bits per heavy atom. The summed E-state index contributed by atoms with van der Waals surface area (Å²) >= 11 is 1.45. The predicted molar refractivity (Wildman–Crippen MR) is 64.5 cm³/mol. The summed E-state index contributed by atoms with van der Waals surface area (Å²) in [7, 11) is 0. The summed E-state index contributed by atoms with van der Waals surface area (Å²) in [6, 6.07) is -0.224. The van der Waals surface area contributed by atoms with E-state index in [-0.39, 0.29) is 11.9 Å². The normalized spacial score (nSPS) is 29.8. The van der Waals surface area contributed by atoms with Crippen molar-refractivity contribution >= 4 is 23.6 Å². The maximum absolute atomic E-state index is 11.5. The van der Waals surface area contributed by atoms with Crippen molar-refractivity contribution < 1.29 is 14.7 Å². The average Bonchev–Trinajstić information content (AvgIpc) is 2.21. The van der Waals surface area contributed by atoms with Gasteiger partial charge in [0.25, 0.3) is 0 Å². The first-order chi connectivity index (χ1) is 7.50. The molecule has 1 aliphatic rings. The lowest BCUT2D eigenvalue weighted by Crippen LogP contribution is -2.52. The molecule has 2 atom stereocenters. The van der Waals surface area contributed by atoms with E-state index in [9.17, 15) is 14.7 Å². The fraction of sp³-hybridized carbons (Fsp3) is 0.818. The van der Waals surface area contributed by atoms with Crippen LogP contribution in [0.25, 0.3) is 0 Å². The lowest BCUT2D eigenvalue weighted by molar-refractivity contribution is -0.152. The third-order valence-electron chi connectivity index (χ3n) is 3.31. The van der Waals surface area contributed by atoms with E-state index < -0.39 is 11.4 Å². The van der Waals surface area contributed by atoms with Crippen LogP contribution >= 0.6 is 11.8 Å². The van der Waals surface area contributed by atoms with Crippen LogP contribution in [0.1, 0.15) is 32.6 Å². The molecule has 1 amide bonds. The van der Waals surface area contributed by atoms with Crippen LogP contribution in [0.2, 0.25) is 0 Å². The SMILES string of the molecule is CSCC(=O)NC1CCCCC1(C)C(=O)O. The third-order valence-corrected chi connectivity index (χ3v) is 3.86. The number of carboxylic acids is 1. The molecule has 4 nitrogen and oxygen atoms in total. The molecule has 5 heteroatoms. The second kappa shape index (κ2) is 5.57. The molecular weight excluding hydrogens is 226 g/mol. The first-order valence-electron chi connectivity index (χ1n) is 5.52. The zero-order valence-electron chi connectivity index (χ0n) is 9.78. The van der Waals surface area contributed by atoms with E-state index in [1.165, 1.54) is 11.8 Å². The highest BCUT2D eigenvalue weighted by Gasteiger charge is 2.43. The molecule has 0 heterocycles. The zero-order valence-corrected chi connectivity index (χ0v) is 10.6. The summed E-state index contributed by atoms with van der Waals surface area (Å²) in [6.07, 6.45) is 5.19. The summed E-state index contributed by atoms with van der Waals surface area (Å²) in [5.41, 5.74) is -0.799. The number of carbonyl (C=O) groups is 2. The molecule has 1 aliphatic carbocycles. The Kier molecular flexibility index (Phi) is 4.65. The zero-order chi connectivity index (χ0) is 12.2. The van der Waals surface area contributed by atoms with Crippen LogP contribution in [0.5, 0.6) is 0 Å². The topological polar surface area (TPSA) is 66.4 Å². The van der Waals surface area contributed by atoms with Crippen LogP contribution in [0.15, 0.2) is 0 Å². The molecule has 0 aromatic carbocycles. The van der Waals surface area contributed by atoms with E-state index in [1.54, 1.807) is 6.92 Å². The molecule has 0 saturated heterocycles. The molecule has 16 heavy (non-hydrogen) atoms. The van der Waals surface area contributed by atoms with Crippen molar-refractivity contribution in [3.63, 3.8) is 0 Å². The van der Waals surface area contributed by atoms with Gasteiger partial charge in [-0.3, -0.25) is 9.59 Å². The molecule has 0 aromatic rings. The molecule has 0 bridgehead atoms. The van der Waals surface area contributed by atoms with Gasteiger partial charge in [0.15, 0.2) is 0 Å². The predicted octanol–water partition coefficient (Wildman–Crippen LogP) is 1.50. The highest BCUT2D eigenvalue weighted by atomic mass is 32.2. The Morgan fingerprint density at radius 3 is 2.75 bits per heavy atom. The Balaban J connectivity index is 2.67. The van der Waals surface area contributed by atoms with E-state index in [2.05, 4.69) is 5.32 Å². The number of carbonyl (C=O) groups excluding carboxylic acids is 1. The van der Waals surface area contributed by atoms with Crippen LogP contribution < -0.4 is 5.32 Å². The molecule has 2 unspecified atom stereocenters. The molecule has 1 rings (SSSR count). The standard InChI is InChI=1S/C11H19NO3S/c1-11(10(14)15)6-4-3-5-8(11)12-9(13)7-16-2/h8H,3-7H2,1-2H3,(H,12,13)(H,14,15). The second-order valence-corrected chi connectivity index (χ2v) is 5.39. The first kappa shape index (κ1) is 13.4. The van der Waals surface area contributed by atoms with Gasteiger partial charge in [0.05, 0.1) is 11.2 Å².